The predicted molar refractivity (Wildman–Crippen MR) is 80.2 cm³/mol. The molecule has 0 aliphatic rings. The number of amides is 1. The molecule has 0 aliphatic carbocycles. The summed E-state index contributed by atoms with van der Waals surface area (Å²) in [6, 6.07) is 10.3. The van der Waals surface area contributed by atoms with E-state index in [4.69, 9.17) is 27.6 Å². The van der Waals surface area contributed by atoms with Crippen LogP contribution in [0, 0.1) is 0 Å². The van der Waals surface area contributed by atoms with Crippen molar-refractivity contribution in [2.24, 2.45) is 0 Å². The SMILES string of the molecule is O=C(Nc1ccnn1-c1ccc(Cl)cc1)c1ccoc1Cl. The monoisotopic (exact) mass is 321 g/mol. The molecule has 0 fully saturated rings. The molecule has 1 aromatic carbocycles. The van der Waals surface area contributed by atoms with Crippen LogP contribution in [0.5, 0.6) is 0 Å². The van der Waals surface area contributed by atoms with E-state index in [0.717, 1.165) is 5.69 Å². The number of carbonyl (C=O) groups excluding carboxylic acids is 1. The van der Waals surface area contributed by atoms with Gasteiger partial charge in [-0.1, -0.05) is 11.6 Å². The first-order valence-corrected chi connectivity index (χ1v) is 6.75. The molecule has 1 N–H and O–H groups in total. The first kappa shape index (κ1) is 13.7. The summed E-state index contributed by atoms with van der Waals surface area (Å²) in [4.78, 5) is 12.1. The van der Waals surface area contributed by atoms with Crippen LogP contribution in [0.4, 0.5) is 5.82 Å². The number of halogens is 2. The summed E-state index contributed by atoms with van der Waals surface area (Å²) in [5.41, 5.74) is 1.04. The topological polar surface area (TPSA) is 60.1 Å². The highest BCUT2D eigenvalue weighted by Gasteiger charge is 2.15. The van der Waals surface area contributed by atoms with Gasteiger partial charge in [0.25, 0.3) is 5.91 Å². The second kappa shape index (κ2) is 5.63. The Labute approximate surface area is 130 Å². The van der Waals surface area contributed by atoms with Crippen molar-refractivity contribution in [3.8, 4) is 5.69 Å². The van der Waals surface area contributed by atoms with Gasteiger partial charge in [-0.2, -0.15) is 5.10 Å². The van der Waals surface area contributed by atoms with Crippen LogP contribution in [0.2, 0.25) is 10.2 Å². The maximum absolute atomic E-state index is 12.1. The number of nitrogens with zero attached hydrogens (tertiary/aromatic N) is 2. The summed E-state index contributed by atoms with van der Waals surface area (Å²) >= 11 is 11.6. The highest BCUT2D eigenvalue weighted by atomic mass is 35.5. The van der Waals surface area contributed by atoms with Crippen molar-refractivity contribution in [1.82, 2.24) is 9.78 Å². The summed E-state index contributed by atoms with van der Waals surface area (Å²) in [5, 5.41) is 7.58. The molecule has 106 valence electrons. The van der Waals surface area contributed by atoms with Crippen molar-refractivity contribution >= 4 is 34.9 Å². The fraction of sp³-hybridized carbons (Fsp3) is 0. The molecule has 0 bridgehead atoms. The smallest absolute Gasteiger partial charge is 0.261 e. The second-order valence-corrected chi connectivity index (χ2v) is 4.95. The Hall–Kier alpha value is -2.24. The Morgan fingerprint density at radius 3 is 2.57 bits per heavy atom. The molecule has 0 saturated carbocycles. The molecule has 0 spiro atoms. The number of hydrogen-bond acceptors (Lipinski definition) is 3. The quantitative estimate of drug-likeness (QED) is 0.792. The predicted octanol–water partition coefficient (Wildman–Crippen LogP) is 4.02. The van der Waals surface area contributed by atoms with Crippen LogP contribution in [0.25, 0.3) is 5.69 Å². The lowest BCUT2D eigenvalue weighted by molar-refractivity contribution is 0.102. The zero-order chi connectivity index (χ0) is 14.8. The zero-order valence-electron chi connectivity index (χ0n) is 10.6. The lowest BCUT2D eigenvalue weighted by Crippen LogP contribution is -2.14. The van der Waals surface area contributed by atoms with Crippen molar-refractivity contribution in [3.63, 3.8) is 0 Å². The average molecular weight is 322 g/mol. The number of hydrogen-bond donors (Lipinski definition) is 1. The number of anilines is 1. The molecular formula is C14H9Cl2N3O2. The van der Waals surface area contributed by atoms with E-state index >= 15 is 0 Å². The summed E-state index contributed by atoms with van der Waals surface area (Å²) in [6.07, 6.45) is 2.94. The third kappa shape index (κ3) is 2.79. The molecule has 7 heteroatoms. The van der Waals surface area contributed by atoms with Crippen molar-refractivity contribution in [2.75, 3.05) is 5.32 Å². The maximum atomic E-state index is 12.1. The van der Waals surface area contributed by atoms with E-state index in [1.54, 1.807) is 41.2 Å². The van der Waals surface area contributed by atoms with E-state index < -0.39 is 0 Å². The minimum absolute atomic E-state index is 0.0464. The highest BCUT2D eigenvalue weighted by molar-refractivity contribution is 6.32. The van der Waals surface area contributed by atoms with Gasteiger partial charge < -0.3 is 9.73 Å². The minimum atomic E-state index is -0.371. The van der Waals surface area contributed by atoms with Crippen LogP contribution < -0.4 is 5.32 Å². The molecule has 1 amide bonds. The van der Waals surface area contributed by atoms with Crippen LogP contribution in [0.3, 0.4) is 0 Å². The van der Waals surface area contributed by atoms with E-state index in [9.17, 15) is 4.79 Å². The molecular weight excluding hydrogens is 313 g/mol. The van der Waals surface area contributed by atoms with Gasteiger partial charge in [0.2, 0.25) is 5.22 Å². The summed E-state index contributed by atoms with van der Waals surface area (Å²) in [7, 11) is 0. The first-order chi connectivity index (χ1) is 10.1. The lowest BCUT2D eigenvalue weighted by Gasteiger charge is -2.08. The van der Waals surface area contributed by atoms with Crippen LogP contribution >= 0.6 is 23.2 Å². The van der Waals surface area contributed by atoms with Crippen molar-refractivity contribution in [2.45, 2.75) is 0 Å². The largest absolute Gasteiger partial charge is 0.452 e. The molecule has 3 rings (SSSR count). The third-order valence-corrected chi connectivity index (χ3v) is 3.36. The van der Waals surface area contributed by atoms with E-state index in [1.807, 2.05) is 0 Å². The molecule has 21 heavy (non-hydrogen) atoms. The fourth-order valence-electron chi connectivity index (χ4n) is 1.83. The van der Waals surface area contributed by atoms with Crippen LogP contribution in [-0.4, -0.2) is 15.7 Å². The van der Waals surface area contributed by atoms with Gasteiger partial charge in [-0.15, -0.1) is 0 Å². The van der Waals surface area contributed by atoms with Gasteiger partial charge in [0.1, 0.15) is 5.82 Å². The van der Waals surface area contributed by atoms with Crippen LogP contribution in [-0.2, 0) is 0 Å². The molecule has 3 aromatic rings. The molecule has 2 heterocycles. The maximum Gasteiger partial charge on any atom is 0.261 e. The standard InChI is InChI=1S/C14H9Cl2N3O2/c15-9-1-3-10(4-2-9)19-12(5-7-17-19)18-14(20)11-6-8-21-13(11)16/h1-8H,(H,18,20). The van der Waals surface area contributed by atoms with E-state index in [1.165, 1.54) is 12.3 Å². The summed E-state index contributed by atoms with van der Waals surface area (Å²) in [5.74, 6) is 0.143. The highest BCUT2D eigenvalue weighted by Crippen LogP contribution is 2.21. The normalized spacial score (nSPS) is 10.6. The summed E-state index contributed by atoms with van der Waals surface area (Å²) in [6.45, 7) is 0. The molecule has 0 atom stereocenters. The Morgan fingerprint density at radius 1 is 1.14 bits per heavy atom. The van der Waals surface area contributed by atoms with Crippen molar-refractivity contribution in [1.29, 1.82) is 0 Å². The zero-order valence-corrected chi connectivity index (χ0v) is 12.1. The number of carbonyl (C=O) groups is 1. The number of aromatic nitrogens is 2. The molecule has 0 aliphatic heterocycles. The first-order valence-electron chi connectivity index (χ1n) is 5.99. The van der Waals surface area contributed by atoms with Gasteiger partial charge in [-0.25, -0.2) is 4.68 Å². The van der Waals surface area contributed by atoms with Gasteiger partial charge in [0.15, 0.2) is 0 Å². The Bertz CT molecular complexity index is 778. The Morgan fingerprint density at radius 2 is 1.90 bits per heavy atom. The fourth-order valence-corrected chi connectivity index (χ4v) is 2.15. The lowest BCUT2D eigenvalue weighted by atomic mass is 10.3. The molecule has 5 nitrogen and oxygen atoms in total. The third-order valence-electron chi connectivity index (χ3n) is 2.82. The average Bonchev–Trinajstić information content (AvgIpc) is 3.09. The van der Waals surface area contributed by atoms with Gasteiger partial charge in [0.05, 0.1) is 23.7 Å². The van der Waals surface area contributed by atoms with Gasteiger partial charge in [0, 0.05) is 11.1 Å². The molecule has 2 aromatic heterocycles. The van der Waals surface area contributed by atoms with Crippen molar-refractivity contribution < 1.29 is 9.21 Å². The van der Waals surface area contributed by atoms with Crippen LogP contribution in [0.15, 0.2) is 53.3 Å². The molecule has 0 unspecified atom stereocenters. The van der Waals surface area contributed by atoms with Crippen molar-refractivity contribution in [3.05, 3.63) is 64.7 Å². The Kier molecular flexibility index (Phi) is 3.68. The van der Waals surface area contributed by atoms with Gasteiger partial charge in [-0.05, 0) is 41.9 Å². The summed E-state index contributed by atoms with van der Waals surface area (Å²) < 4.78 is 6.49. The molecule has 0 radical (unpaired) electrons. The molecule has 0 saturated heterocycles. The second-order valence-electron chi connectivity index (χ2n) is 4.17. The Balaban J connectivity index is 1.88. The minimum Gasteiger partial charge on any atom is -0.452 e. The van der Waals surface area contributed by atoms with E-state index in [0.29, 0.717) is 10.8 Å². The van der Waals surface area contributed by atoms with Gasteiger partial charge in [-0.3, -0.25) is 4.79 Å². The number of benzene rings is 1. The number of nitrogens with one attached hydrogen (secondary N) is 1. The van der Waals surface area contributed by atoms with E-state index in [-0.39, 0.29) is 16.7 Å². The van der Waals surface area contributed by atoms with Gasteiger partial charge >= 0.3 is 0 Å². The number of furan rings is 1. The van der Waals surface area contributed by atoms with Crippen LogP contribution in [0.1, 0.15) is 10.4 Å². The van der Waals surface area contributed by atoms with E-state index in [2.05, 4.69) is 10.4 Å². The number of rotatable bonds is 3.